The number of hydrogen-bond acceptors (Lipinski definition) is 8. The van der Waals surface area contributed by atoms with Crippen LogP contribution in [0.1, 0.15) is 38.3 Å². The van der Waals surface area contributed by atoms with Gasteiger partial charge in [-0.25, -0.2) is 4.99 Å². The average Bonchev–Trinajstić information content (AvgIpc) is 2.67. The van der Waals surface area contributed by atoms with E-state index < -0.39 is 35.6 Å². The van der Waals surface area contributed by atoms with Crippen LogP contribution in [0.25, 0.3) is 0 Å². The summed E-state index contributed by atoms with van der Waals surface area (Å²) in [6, 6.07) is 3.65. The van der Waals surface area contributed by atoms with Crippen molar-refractivity contribution in [2.45, 2.75) is 65.0 Å². The number of aliphatic imine (C=N–C) groups is 2. The number of rotatable bonds is 6. The number of nitrogens with zero attached hydrogens (tertiary/aromatic N) is 3. The predicted octanol–water partition coefficient (Wildman–Crippen LogP) is 0.992. The molecule has 9 heteroatoms. The summed E-state index contributed by atoms with van der Waals surface area (Å²) in [4.78, 5) is 34.3. The molecule has 1 aromatic carbocycles. The molecule has 31 heavy (non-hydrogen) atoms. The molecular weight excluding hydrogens is 402 g/mol. The van der Waals surface area contributed by atoms with Gasteiger partial charge in [0.05, 0.1) is 36.5 Å². The average molecular weight is 431 g/mol. The van der Waals surface area contributed by atoms with Gasteiger partial charge in [0.25, 0.3) is 5.91 Å². The summed E-state index contributed by atoms with van der Waals surface area (Å²) in [6.07, 6.45) is -4.62. The highest BCUT2D eigenvalue weighted by molar-refractivity contribution is 6.73. The second-order valence-corrected chi connectivity index (χ2v) is 8.97. The topological polar surface area (TPSA) is 132 Å². The number of β-amino-alcohol motifs (C(OH)–C–C–N with tert-alkyl or cyclic N) is 1. The molecule has 2 aliphatic rings. The minimum Gasteiger partial charge on any atom is -0.388 e. The zero-order chi connectivity index (χ0) is 23.1. The van der Waals surface area contributed by atoms with E-state index in [0.717, 1.165) is 11.1 Å². The predicted molar refractivity (Wildman–Crippen MR) is 116 cm³/mol. The Labute approximate surface area is 181 Å². The summed E-state index contributed by atoms with van der Waals surface area (Å²) < 4.78 is 5.48. The molecule has 2 aliphatic heterocycles. The van der Waals surface area contributed by atoms with Crippen LogP contribution < -0.4 is 4.90 Å². The summed E-state index contributed by atoms with van der Waals surface area (Å²) in [6.45, 7) is 8.89. The summed E-state index contributed by atoms with van der Waals surface area (Å²) in [5, 5.41) is 31.4. The number of carbonyl (C=O) groups is 2. The van der Waals surface area contributed by atoms with Crippen molar-refractivity contribution in [2.75, 3.05) is 18.1 Å². The van der Waals surface area contributed by atoms with Crippen molar-refractivity contribution in [2.24, 2.45) is 9.98 Å². The largest absolute Gasteiger partial charge is 0.388 e. The molecule has 9 nitrogen and oxygen atoms in total. The molecule has 0 fully saturated rings. The third kappa shape index (κ3) is 5.07. The highest BCUT2D eigenvalue weighted by atomic mass is 16.5. The molecule has 168 valence electrons. The Bertz CT molecular complexity index is 963. The van der Waals surface area contributed by atoms with Gasteiger partial charge in [0, 0.05) is 0 Å². The Morgan fingerprint density at radius 1 is 1.06 bits per heavy atom. The van der Waals surface area contributed by atoms with E-state index in [1.807, 2.05) is 46.8 Å². The van der Waals surface area contributed by atoms with Crippen molar-refractivity contribution < 1.29 is 29.6 Å². The molecule has 0 saturated carbocycles. The first-order chi connectivity index (χ1) is 14.4. The molecule has 0 spiro atoms. The first kappa shape index (κ1) is 23.2. The number of aliphatic hydroxyl groups is 3. The molecular formula is C22H29N3O6. The second-order valence-electron chi connectivity index (χ2n) is 8.97. The molecule has 0 aliphatic carbocycles. The van der Waals surface area contributed by atoms with Crippen molar-refractivity contribution in [3.8, 4) is 0 Å². The maximum Gasteiger partial charge on any atom is 0.255 e. The lowest BCUT2D eigenvalue weighted by molar-refractivity contribution is -0.123. The Morgan fingerprint density at radius 2 is 1.71 bits per heavy atom. The van der Waals surface area contributed by atoms with Crippen LogP contribution in [0.4, 0.5) is 11.4 Å². The van der Waals surface area contributed by atoms with Crippen molar-refractivity contribution in [3.63, 3.8) is 0 Å². The number of carbonyl (C=O) groups excluding carboxylic acids is 2. The Morgan fingerprint density at radius 3 is 2.35 bits per heavy atom. The fourth-order valence-corrected chi connectivity index (χ4v) is 3.35. The van der Waals surface area contributed by atoms with Gasteiger partial charge in [-0.3, -0.25) is 9.59 Å². The number of aliphatic hydroxyl groups excluding tert-OH is 3. The molecule has 0 aromatic heterocycles. The van der Waals surface area contributed by atoms with E-state index in [1.165, 1.54) is 4.90 Å². The van der Waals surface area contributed by atoms with Crippen LogP contribution in [-0.2, 0) is 14.3 Å². The molecule has 0 radical (unpaired) electrons. The number of anilines is 1. The lowest BCUT2D eigenvalue weighted by Crippen LogP contribution is -2.52. The Balaban J connectivity index is 1.91. The monoisotopic (exact) mass is 431 g/mol. The first-order valence-corrected chi connectivity index (χ1v) is 10.2. The number of ketones is 1. The summed E-state index contributed by atoms with van der Waals surface area (Å²) >= 11 is 0. The molecule has 3 N–H and O–H groups in total. The zero-order valence-corrected chi connectivity index (χ0v) is 18.4. The maximum atomic E-state index is 12.4. The normalized spacial score (nSPS) is 19.3. The van der Waals surface area contributed by atoms with Crippen molar-refractivity contribution in [1.29, 1.82) is 0 Å². The van der Waals surface area contributed by atoms with E-state index in [1.54, 1.807) is 0 Å². The molecule has 3 atom stereocenters. The lowest BCUT2D eigenvalue weighted by Gasteiger charge is -2.35. The molecule has 3 rings (SSSR count). The maximum absolute atomic E-state index is 12.4. The highest BCUT2D eigenvalue weighted by Gasteiger charge is 2.38. The van der Waals surface area contributed by atoms with Crippen molar-refractivity contribution in [1.82, 2.24) is 0 Å². The first-order valence-electron chi connectivity index (χ1n) is 10.2. The van der Waals surface area contributed by atoms with Crippen LogP contribution in [0.5, 0.6) is 0 Å². The quantitative estimate of drug-likeness (QED) is 0.572. The minimum atomic E-state index is -1.52. The fraction of sp³-hybridized carbons (Fsp3) is 0.545. The van der Waals surface area contributed by atoms with Gasteiger partial charge < -0.3 is 25.0 Å². The number of aryl methyl sites for hydroxylation is 2. The van der Waals surface area contributed by atoms with Gasteiger partial charge >= 0.3 is 0 Å². The van der Waals surface area contributed by atoms with Crippen LogP contribution in [-0.4, -0.2) is 75.6 Å². The van der Waals surface area contributed by atoms with Crippen LogP contribution >= 0.6 is 0 Å². The van der Waals surface area contributed by atoms with Crippen LogP contribution in [0.2, 0.25) is 0 Å². The summed E-state index contributed by atoms with van der Waals surface area (Å²) in [5.41, 5.74) is 2.52. The van der Waals surface area contributed by atoms with Gasteiger partial charge in [0.2, 0.25) is 0 Å². The molecule has 1 amide bonds. The number of fused-ring (bicyclic) bond motifs is 2. The van der Waals surface area contributed by atoms with Gasteiger partial charge in [-0.2, -0.15) is 4.99 Å². The van der Waals surface area contributed by atoms with E-state index in [2.05, 4.69) is 9.98 Å². The number of hydrogen-bond donors (Lipinski definition) is 3. The summed E-state index contributed by atoms with van der Waals surface area (Å²) in [5.74, 6) is -0.994. The van der Waals surface area contributed by atoms with Gasteiger partial charge in [0.1, 0.15) is 18.3 Å². The van der Waals surface area contributed by atoms with Crippen molar-refractivity contribution in [3.05, 3.63) is 23.3 Å². The van der Waals surface area contributed by atoms with Crippen LogP contribution in [0.15, 0.2) is 22.1 Å². The SMILES string of the molecule is Cc1cc2c(cc1C)N(CC(O)C(O)C(O)COC(C)(C)C)C1=NC(=O)CC(=O)C1=N2. The number of benzene rings is 1. The number of amidine groups is 1. The fourth-order valence-electron chi connectivity index (χ4n) is 3.35. The van der Waals surface area contributed by atoms with E-state index in [4.69, 9.17) is 4.74 Å². The van der Waals surface area contributed by atoms with E-state index in [0.29, 0.717) is 11.4 Å². The van der Waals surface area contributed by atoms with Crippen LogP contribution in [0, 0.1) is 13.8 Å². The minimum absolute atomic E-state index is 0.0451. The third-order valence-corrected chi connectivity index (χ3v) is 5.23. The number of ether oxygens (including phenoxy) is 1. The molecule has 0 bridgehead atoms. The van der Waals surface area contributed by atoms with Crippen LogP contribution in [0.3, 0.4) is 0 Å². The van der Waals surface area contributed by atoms with E-state index in [9.17, 15) is 24.9 Å². The van der Waals surface area contributed by atoms with Gasteiger partial charge in [0.15, 0.2) is 17.3 Å². The molecule has 2 heterocycles. The lowest BCUT2D eigenvalue weighted by atomic mass is 9.99. The highest BCUT2D eigenvalue weighted by Crippen LogP contribution is 2.37. The van der Waals surface area contributed by atoms with E-state index in [-0.39, 0.29) is 31.1 Å². The van der Waals surface area contributed by atoms with Gasteiger partial charge in [-0.1, -0.05) is 0 Å². The smallest absolute Gasteiger partial charge is 0.255 e. The second kappa shape index (κ2) is 8.58. The Kier molecular flexibility index (Phi) is 6.43. The zero-order valence-electron chi connectivity index (χ0n) is 18.4. The standard InChI is InChI=1S/C22H29N3O6/c1-11-6-13-14(7-12(11)2)25(21-19(23-13)15(26)8-18(29)24-21)9-16(27)20(30)17(28)10-31-22(3,4)5/h6-7,16-17,20,27-28,30H,8-10H2,1-5H3. The van der Waals surface area contributed by atoms with E-state index >= 15 is 0 Å². The Hall–Kier alpha value is -2.46. The van der Waals surface area contributed by atoms with Gasteiger partial charge in [-0.15, -0.1) is 0 Å². The number of Topliss-reactive ketones (excluding diaryl/α,β-unsaturated/α-hetero) is 1. The summed E-state index contributed by atoms with van der Waals surface area (Å²) in [7, 11) is 0. The number of amides is 1. The third-order valence-electron chi connectivity index (χ3n) is 5.23. The van der Waals surface area contributed by atoms with Crippen molar-refractivity contribution >= 4 is 34.6 Å². The molecule has 0 saturated heterocycles. The molecule has 1 aromatic rings. The molecule has 3 unspecified atom stereocenters. The van der Waals surface area contributed by atoms with Gasteiger partial charge in [-0.05, 0) is 57.9 Å².